The smallest absolute Gasteiger partial charge is 0.321 e. The van der Waals surface area contributed by atoms with Gasteiger partial charge in [-0.05, 0) is 38.1 Å². The fraction of sp³-hybridized carbons (Fsp3) is 0.375. The van der Waals surface area contributed by atoms with Crippen molar-refractivity contribution in [3.8, 4) is 17.5 Å². The van der Waals surface area contributed by atoms with Gasteiger partial charge in [0.1, 0.15) is 6.33 Å². The summed E-state index contributed by atoms with van der Waals surface area (Å²) in [5, 5.41) is 15.9. The van der Waals surface area contributed by atoms with Gasteiger partial charge in [0.15, 0.2) is 5.82 Å². The fourth-order valence-corrected chi connectivity index (χ4v) is 2.10. The van der Waals surface area contributed by atoms with E-state index in [-0.39, 0.29) is 11.9 Å². The van der Waals surface area contributed by atoms with E-state index < -0.39 is 0 Å². The first kappa shape index (κ1) is 16.5. The maximum Gasteiger partial charge on any atom is 0.321 e. The van der Waals surface area contributed by atoms with Crippen LogP contribution in [0.5, 0.6) is 0 Å². The number of amides is 2. The summed E-state index contributed by atoms with van der Waals surface area (Å²) in [6.07, 6.45) is 1.64. The van der Waals surface area contributed by atoms with E-state index in [4.69, 9.17) is 5.26 Å². The van der Waals surface area contributed by atoms with Crippen LogP contribution < -0.4 is 5.32 Å². The molecule has 0 aliphatic rings. The molecule has 1 heterocycles. The lowest BCUT2D eigenvalue weighted by Gasteiger charge is -2.22. The molecule has 2 aromatic rings. The Morgan fingerprint density at radius 2 is 2.13 bits per heavy atom. The van der Waals surface area contributed by atoms with Gasteiger partial charge in [0.2, 0.25) is 0 Å². The lowest BCUT2D eigenvalue weighted by molar-refractivity contribution is 0.210. The zero-order valence-electron chi connectivity index (χ0n) is 13.5. The van der Waals surface area contributed by atoms with Gasteiger partial charge < -0.3 is 10.2 Å². The highest BCUT2D eigenvalue weighted by Crippen LogP contribution is 2.18. The Kier molecular flexibility index (Phi) is 5.31. The molecule has 0 spiro atoms. The van der Waals surface area contributed by atoms with Crippen molar-refractivity contribution >= 4 is 11.7 Å². The summed E-state index contributed by atoms with van der Waals surface area (Å²) in [4.78, 5) is 18.0. The van der Waals surface area contributed by atoms with Gasteiger partial charge in [0.25, 0.3) is 0 Å². The van der Waals surface area contributed by atoms with Gasteiger partial charge >= 0.3 is 6.03 Å². The van der Waals surface area contributed by atoms with Crippen LogP contribution in [0.1, 0.15) is 13.8 Å². The number of carbonyl (C=O) groups excluding carboxylic acids is 1. The molecule has 120 valence electrons. The molecule has 7 nitrogen and oxygen atoms in total. The number of urea groups is 1. The first-order valence-electron chi connectivity index (χ1n) is 7.45. The molecule has 0 radical (unpaired) electrons. The van der Waals surface area contributed by atoms with Gasteiger partial charge in [-0.25, -0.2) is 9.78 Å². The van der Waals surface area contributed by atoms with E-state index in [0.29, 0.717) is 24.6 Å². The highest BCUT2D eigenvalue weighted by atomic mass is 16.2. The molecule has 23 heavy (non-hydrogen) atoms. The minimum Gasteiger partial charge on any atom is -0.324 e. The summed E-state index contributed by atoms with van der Waals surface area (Å²) in [6.45, 7) is 4.65. The second-order valence-electron chi connectivity index (χ2n) is 5.32. The Hall–Kier alpha value is -2.88. The van der Waals surface area contributed by atoms with Crippen LogP contribution in [0.3, 0.4) is 0 Å². The van der Waals surface area contributed by atoms with Gasteiger partial charge in [-0.1, -0.05) is 0 Å². The number of aromatic nitrogens is 3. The third-order valence-corrected chi connectivity index (χ3v) is 3.38. The van der Waals surface area contributed by atoms with Crippen LogP contribution in [0.15, 0.2) is 30.6 Å². The predicted molar refractivity (Wildman–Crippen MR) is 87.5 cm³/mol. The molecule has 1 aromatic carbocycles. The molecule has 0 saturated carbocycles. The van der Waals surface area contributed by atoms with E-state index in [9.17, 15) is 4.79 Å². The summed E-state index contributed by atoms with van der Waals surface area (Å²) in [5.41, 5.74) is 1.58. The van der Waals surface area contributed by atoms with Crippen molar-refractivity contribution in [3.63, 3.8) is 0 Å². The van der Waals surface area contributed by atoms with E-state index >= 15 is 0 Å². The largest absolute Gasteiger partial charge is 0.324 e. The monoisotopic (exact) mass is 312 g/mol. The maximum absolute atomic E-state index is 12.2. The average Bonchev–Trinajstić information content (AvgIpc) is 2.99. The minimum absolute atomic E-state index is 0.196. The summed E-state index contributed by atoms with van der Waals surface area (Å²) in [6, 6.07) is 9.27. The molecule has 0 unspecified atom stereocenters. The normalized spacial score (nSPS) is 11.6. The van der Waals surface area contributed by atoms with Gasteiger partial charge in [0.05, 0.1) is 12.0 Å². The third kappa shape index (κ3) is 4.30. The number of anilines is 1. The Balaban J connectivity index is 2.02. The van der Waals surface area contributed by atoms with Crippen LogP contribution in [-0.4, -0.2) is 38.8 Å². The summed E-state index contributed by atoms with van der Waals surface area (Å²) in [7, 11) is 1.81. The van der Waals surface area contributed by atoms with Gasteiger partial charge in [-0.15, -0.1) is 0 Å². The van der Waals surface area contributed by atoms with Crippen LogP contribution in [-0.2, 0) is 7.05 Å². The quantitative estimate of drug-likeness (QED) is 0.919. The van der Waals surface area contributed by atoms with E-state index in [1.54, 1.807) is 22.8 Å². The number of aryl methyl sites for hydroxylation is 1. The van der Waals surface area contributed by atoms with E-state index in [1.165, 1.54) is 0 Å². The molecule has 1 aromatic heterocycles. The van der Waals surface area contributed by atoms with Crippen LogP contribution in [0.25, 0.3) is 11.4 Å². The van der Waals surface area contributed by atoms with Gasteiger partial charge in [-0.2, -0.15) is 10.4 Å². The number of hydrogen-bond donors (Lipinski definition) is 1. The number of rotatable bonds is 5. The van der Waals surface area contributed by atoms with Crippen LogP contribution in [0.2, 0.25) is 0 Å². The zero-order valence-corrected chi connectivity index (χ0v) is 13.5. The van der Waals surface area contributed by atoms with E-state index in [1.807, 2.05) is 38.2 Å². The third-order valence-electron chi connectivity index (χ3n) is 3.38. The van der Waals surface area contributed by atoms with Crippen LogP contribution in [0.4, 0.5) is 10.5 Å². The van der Waals surface area contributed by atoms with Gasteiger partial charge in [0, 0.05) is 31.4 Å². The van der Waals surface area contributed by atoms with Crippen molar-refractivity contribution in [2.75, 3.05) is 18.4 Å². The summed E-state index contributed by atoms with van der Waals surface area (Å²) >= 11 is 0. The summed E-state index contributed by atoms with van der Waals surface area (Å²) < 4.78 is 1.64. The van der Waals surface area contributed by atoms with Crippen molar-refractivity contribution in [1.82, 2.24) is 19.7 Å². The molecule has 0 aliphatic heterocycles. The standard InChI is InChI=1S/C16H20N6O/c1-4-22(10-12(2)9-17)16(23)19-14-7-5-13(6-8-14)15-18-11-21(3)20-15/h5-8,11-12H,4,10H2,1-3H3,(H,19,23)/t12-/m0/s1. The van der Waals surface area contributed by atoms with Crippen molar-refractivity contribution in [1.29, 1.82) is 5.26 Å². The Morgan fingerprint density at radius 1 is 1.43 bits per heavy atom. The zero-order chi connectivity index (χ0) is 16.8. The SMILES string of the molecule is CCN(C[C@@H](C)C#N)C(=O)Nc1ccc(-c2ncn(C)n2)cc1. The van der Waals surface area contributed by atoms with E-state index in [0.717, 1.165) is 5.56 Å². The lowest BCUT2D eigenvalue weighted by atomic mass is 10.2. The predicted octanol–water partition coefficient (Wildman–Crippen LogP) is 2.50. The molecule has 7 heteroatoms. The molecule has 2 amide bonds. The fourth-order valence-electron chi connectivity index (χ4n) is 2.10. The topological polar surface area (TPSA) is 86.8 Å². The molecule has 0 fully saturated rings. The summed E-state index contributed by atoms with van der Waals surface area (Å²) in [5.74, 6) is 0.446. The first-order chi connectivity index (χ1) is 11.0. The molecular formula is C16H20N6O. The number of nitriles is 1. The number of carbonyl (C=O) groups is 1. The number of benzene rings is 1. The highest BCUT2D eigenvalue weighted by molar-refractivity contribution is 5.89. The first-order valence-corrected chi connectivity index (χ1v) is 7.45. The van der Waals surface area contributed by atoms with Crippen LogP contribution >= 0.6 is 0 Å². The number of nitrogens with zero attached hydrogens (tertiary/aromatic N) is 5. The highest BCUT2D eigenvalue weighted by Gasteiger charge is 2.14. The molecule has 0 bridgehead atoms. The van der Waals surface area contributed by atoms with Crippen LogP contribution in [0, 0.1) is 17.2 Å². The van der Waals surface area contributed by atoms with Crippen molar-refractivity contribution in [2.45, 2.75) is 13.8 Å². The molecule has 2 rings (SSSR count). The second-order valence-corrected chi connectivity index (χ2v) is 5.32. The number of nitrogens with one attached hydrogen (secondary N) is 1. The van der Waals surface area contributed by atoms with Crippen molar-refractivity contribution < 1.29 is 4.79 Å². The molecule has 1 atom stereocenters. The van der Waals surface area contributed by atoms with Crippen molar-refractivity contribution in [3.05, 3.63) is 30.6 Å². The molecule has 0 aliphatic carbocycles. The number of hydrogen-bond acceptors (Lipinski definition) is 4. The Labute approximate surface area is 135 Å². The minimum atomic E-state index is -0.210. The molecule has 0 saturated heterocycles. The second kappa shape index (κ2) is 7.40. The molecular weight excluding hydrogens is 292 g/mol. The lowest BCUT2D eigenvalue weighted by Crippen LogP contribution is -2.37. The Morgan fingerprint density at radius 3 is 2.65 bits per heavy atom. The van der Waals surface area contributed by atoms with Crippen molar-refractivity contribution in [2.24, 2.45) is 13.0 Å². The Bertz CT molecular complexity index is 700. The average molecular weight is 312 g/mol. The van der Waals surface area contributed by atoms with Gasteiger partial charge in [-0.3, -0.25) is 4.68 Å². The van der Waals surface area contributed by atoms with E-state index in [2.05, 4.69) is 21.5 Å². The molecule has 1 N–H and O–H groups in total. The maximum atomic E-state index is 12.2.